The SMILES string of the molecule is COC(=O)N[C@H](C(=O)N1CCC[C@H]1c1ncc(-c2ccc(-c3csc4c(-c5cnc([C@@H]6CCCN6)[nH]5)csc34)cc2)[nH]1)C(C)C.Cl. The van der Waals surface area contributed by atoms with Crippen LogP contribution in [0.25, 0.3) is 43.0 Å². The number of methoxy groups -OCH3 is 1. The zero-order valence-electron chi connectivity index (χ0n) is 26.0. The number of thiophene rings is 2. The first-order valence-electron chi connectivity index (χ1n) is 15.5. The Kier molecular flexibility index (Phi) is 9.51. The topological polar surface area (TPSA) is 128 Å². The summed E-state index contributed by atoms with van der Waals surface area (Å²) in [6.45, 7) is 5.51. The second kappa shape index (κ2) is 13.6. The number of nitrogens with zero attached hydrogens (tertiary/aromatic N) is 3. The number of carbonyl (C=O) groups excluding carboxylic acids is 2. The fourth-order valence-corrected chi connectivity index (χ4v) is 8.89. The quantitative estimate of drug-likeness (QED) is 0.136. The second-order valence-corrected chi connectivity index (χ2v) is 13.9. The number of H-pyrrole nitrogens is 2. The Morgan fingerprint density at radius 3 is 2.33 bits per heavy atom. The van der Waals surface area contributed by atoms with E-state index in [9.17, 15) is 9.59 Å². The molecule has 2 aliphatic rings. The van der Waals surface area contributed by atoms with Crippen molar-refractivity contribution in [2.75, 3.05) is 20.2 Å². The molecule has 0 spiro atoms. The van der Waals surface area contributed by atoms with Crippen LogP contribution < -0.4 is 10.6 Å². The van der Waals surface area contributed by atoms with Gasteiger partial charge in [-0.25, -0.2) is 14.8 Å². The predicted molar refractivity (Wildman–Crippen MR) is 185 cm³/mol. The Balaban J connectivity index is 0.00000372. The zero-order chi connectivity index (χ0) is 31.1. The van der Waals surface area contributed by atoms with Crippen LogP contribution >= 0.6 is 35.1 Å². The van der Waals surface area contributed by atoms with E-state index in [1.807, 2.05) is 31.1 Å². The van der Waals surface area contributed by atoms with E-state index in [1.165, 1.54) is 39.6 Å². The van der Waals surface area contributed by atoms with Gasteiger partial charge in [-0.1, -0.05) is 38.1 Å². The molecule has 3 atom stereocenters. The molecule has 5 aromatic rings. The molecule has 0 saturated carbocycles. The van der Waals surface area contributed by atoms with Crippen molar-refractivity contribution in [1.82, 2.24) is 35.5 Å². The summed E-state index contributed by atoms with van der Waals surface area (Å²) in [5.41, 5.74) is 6.63. The lowest BCUT2D eigenvalue weighted by Gasteiger charge is -2.30. The minimum Gasteiger partial charge on any atom is -0.453 e. The summed E-state index contributed by atoms with van der Waals surface area (Å²) < 4.78 is 7.32. The van der Waals surface area contributed by atoms with E-state index in [2.05, 4.69) is 65.6 Å². The Morgan fingerprint density at radius 2 is 1.61 bits per heavy atom. The number of halogens is 1. The number of fused-ring (bicyclic) bond motifs is 1. The van der Waals surface area contributed by atoms with E-state index in [-0.39, 0.29) is 30.3 Å². The summed E-state index contributed by atoms with van der Waals surface area (Å²) in [6, 6.07) is 8.05. The minimum atomic E-state index is -0.658. The number of rotatable bonds is 8. The lowest BCUT2D eigenvalue weighted by atomic mass is 10.0. The van der Waals surface area contributed by atoms with Gasteiger partial charge in [-0.2, -0.15) is 0 Å². The number of imidazole rings is 2. The lowest BCUT2D eigenvalue weighted by Crippen LogP contribution is -2.51. The summed E-state index contributed by atoms with van der Waals surface area (Å²) in [5.74, 6) is 1.60. The number of aromatic amines is 2. The van der Waals surface area contributed by atoms with E-state index in [1.54, 1.807) is 22.7 Å². The third-order valence-corrected chi connectivity index (χ3v) is 11.1. The molecule has 242 valence electrons. The zero-order valence-corrected chi connectivity index (χ0v) is 28.4. The van der Waals surface area contributed by atoms with Crippen molar-refractivity contribution >= 4 is 56.5 Å². The van der Waals surface area contributed by atoms with Crippen molar-refractivity contribution in [2.24, 2.45) is 5.92 Å². The highest BCUT2D eigenvalue weighted by molar-refractivity contribution is 7.27. The molecule has 2 amide bonds. The van der Waals surface area contributed by atoms with Gasteiger partial charge in [0.25, 0.3) is 0 Å². The maximum atomic E-state index is 13.5. The standard InChI is InChI=1S/C33H37N7O3S2.ClH/c1-18(2)27(39-33(42)43-3)32(41)40-13-5-7-26(40)31-36-14-24(37-31)20-10-8-19(9-11-20)21-16-44-29-22(17-45-28(21)29)25-15-35-30(38-25)23-6-4-12-34-23;/h8-11,14-18,23,26-27,34H,4-7,12-13H2,1-3H3,(H,35,38)(H,36,37)(H,39,42);1H/t23-,26-,27-;/m0./s1. The normalized spacial score (nSPS) is 18.7. The van der Waals surface area contributed by atoms with Crippen molar-refractivity contribution < 1.29 is 14.3 Å². The number of ether oxygens (including phenoxy) is 1. The molecule has 0 bridgehead atoms. The largest absolute Gasteiger partial charge is 0.453 e. The molecule has 2 saturated heterocycles. The number of alkyl carbamates (subject to hydrolysis) is 1. The average molecular weight is 680 g/mol. The molecule has 0 radical (unpaired) electrons. The Labute approximate surface area is 281 Å². The van der Waals surface area contributed by atoms with Gasteiger partial charge in [-0.05, 0) is 49.3 Å². The van der Waals surface area contributed by atoms with Crippen LogP contribution in [0.1, 0.15) is 63.3 Å². The Morgan fingerprint density at radius 1 is 0.935 bits per heavy atom. The van der Waals surface area contributed by atoms with Crippen LogP contribution in [0.5, 0.6) is 0 Å². The molecule has 0 aliphatic carbocycles. The van der Waals surface area contributed by atoms with Crippen molar-refractivity contribution in [3.05, 3.63) is 59.1 Å². The molecule has 7 rings (SSSR count). The molecule has 2 aliphatic heterocycles. The molecule has 6 heterocycles. The fourth-order valence-electron chi connectivity index (χ4n) is 6.45. The van der Waals surface area contributed by atoms with E-state index in [4.69, 9.17) is 4.74 Å². The van der Waals surface area contributed by atoms with Gasteiger partial charge >= 0.3 is 6.09 Å². The van der Waals surface area contributed by atoms with Gasteiger partial charge in [0.05, 0.1) is 52.4 Å². The van der Waals surface area contributed by atoms with Crippen LogP contribution in [0.4, 0.5) is 4.79 Å². The van der Waals surface area contributed by atoms with Crippen molar-refractivity contribution in [3.8, 4) is 33.6 Å². The van der Waals surface area contributed by atoms with Gasteiger partial charge in [-0.15, -0.1) is 35.1 Å². The van der Waals surface area contributed by atoms with Gasteiger partial charge in [0.15, 0.2) is 0 Å². The Bertz CT molecular complexity index is 1820. The van der Waals surface area contributed by atoms with Crippen molar-refractivity contribution in [1.29, 1.82) is 0 Å². The number of hydrogen-bond acceptors (Lipinski definition) is 8. The smallest absolute Gasteiger partial charge is 0.407 e. The molecular weight excluding hydrogens is 642 g/mol. The van der Waals surface area contributed by atoms with Gasteiger partial charge in [-0.3, -0.25) is 4.79 Å². The van der Waals surface area contributed by atoms with Crippen LogP contribution in [-0.4, -0.2) is 63.1 Å². The summed E-state index contributed by atoms with van der Waals surface area (Å²) in [4.78, 5) is 43.6. The molecule has 10 nitrogen and oxygen atoms in total. The maximum Gasteiger partial charge on any atom is 0.407 e. The van der Waals surface area contributed by atoms with Crippen molar-refractivity contribution in [3.63, 3.8) is 0 Å². The summed E-state index contributed by atoms with van der Waals surface area (Å²) in [7, 11) is 1.30. The van der Waals surface area contributed by atoms with Gasteiger partial charge in [0.1, 0.15) is 17.7 Å². The highest BCUT2D eigenvalue weighted by atomic mass is 35.5. The first-order valence-corrected chi connectivity index (χ1v) is 17.2. The van der Waals surface area contributed by atoms with Gasteiger partial charge in [0.2, 0.25) is 5.91 Å². The first kappa shape index (κ1) is 32.2. The highest BCUT2D eigenvalue weighted by Gasteiger charge is 2.37. The monoisotopic (exact) mass is 679 g/mol. The fraction of sp³-hybridized carbons (Fsp3) is 0.394. The van der Waals surface area contributed by atoms with E-state index >= 15 is 0 Å². The molecular formula is C33H38ClN7O3S2. The van der Waals surface area contributed by atoms with Gasteiger partial charge < -0.3 is 30.2 Å². The van der Waals surface area contributed by atoms with Crippen LogP contribution in [0.2, 0.25) is 0 Å². The highest BCUT2D eigenvalue weighted by Crippen LogP contribution is 2.44. The molecule has 2 fully saturated rings. The number of carbonyl (C=O) groups is 2. The van der Waals surface area contributed by atoms with Gasteiger partial charge in [0, 0.05) is 28.4 Å². The number of hydrogen-bond donors (Lipinski definition) is 4. The van der Waals surface area contributed by atoms with Crippen LogP contribution in [0, 0.1) is 5.92 Å². The predicted octanol–water partition coefficient (Wildman–Crippen LogP) is 7.30. The molecule has 46 heavy (non-hydrogen) atoms. The minimum absolute atomic E-state index is 0. The van der Waals surface area contributed by atoms with Crippen molar-refractivity contribution in [2.45, 2.75) is 57.7 Å². The number of nitrogens with one attached hydrogen (secondary N) is 4. The van der Waals surface area contributed by atoms with E-state index in [0.29, 0.717) is 12.6 Å². The van der Waals surface area contributed by atoms with E-state index < -0.39 is 12.1 Å². The van der Waals surface area contributed by atoms with Crippen LogP contribution in [0.15, 0.2) is 47.4 Å². The number of amides is 2. The molecule has 4 N–H and O–H groups in total. The first-order chi connectivity index (χ1) is 21.9. The number of likely N-dealkylation sites (tertiary alicyclic amines) is 1. The second-order valence-electron chi connectivity index (χ2n) is 12.1. The molecule has 1 aromatic carbocycles. The molecule has 13 heteroatoms. The van der Waals surface area contributed by atoms with E-state index in [0.717, 1.165) is 54.4 Å². The average Bonchev–Trinajstić information content (AvgIpc) is 3.87. The molecule has 4 aromatic heterocycles. The van der Waals surface area contributed by atoms with Crippen LogP contribution in [-0.2, 0) is 9.53 Å². The molecule has 0 unspecified atom stereocenters. The Hall–Kier alpha value is -3.71. The summed E-state index contributed by atoms with van der Waals surface area (Å²) in [5, 5.41) is 10.7. The third kappa shape index (κ3) is 6.06. The third-order valence-electron chi connectivity index (χ3n) is 8.91. The summed E-state index contributed by atoms with van der Waals surface area (Å²) >= 11 is 3.55. The lowest BCUT2D eigenvalue weighted by molar-refractivity contribution is -0.135. The maximum absolute atomic E-state index is 13.5. The van der Waals surface area contributed by atoms with Crippen LogP contribution in [0.3, 0.4) is 0 Å². The summed E-state index contributed by atoms with van der Waals surface area (Å²) in [6.07, 6.45) is 7.21. The number of benzene rings is 1. The number of aromatic nitrogens is 4.